The van der Waals surface area contributed by atoms with Gasteiger partial charge in [0.15, 0.2) is 24.6 Å². The summed E-state index contributed by atoms with van der Waals surface area (Å²) in [5.41, 5.74) is 0. The van der Waals surface area contributed by atoms with Gasteiger partial charge in [-0.25, -0.2) is 4.79 Å². The fraction of sp³-hybridized carbons (Fsp3) is 0.681. The lowest BCUT2D eigenvalue weighted by Gasteiger charge is -2.40. The van der Waals surface area contributed by atoms with Crippen LogP contribution in [0.2, 0.25) is 0 Å². The number of carboxylic acids is 1. The van der Waals surface area contributed by atoms with E-state index in [2.05, 4.69) is 130 Å². The number of hydrogen-bond acceptors (Lipinski definition) is 11. The highest BCUT2D eigenvalue weighted by Crippen LogP contribution is 2.26. The molecule has 1 fully saturated rings. The predicted molar refractivity (Wildman–Crippen MR) is 330 cm³/mol. The predicted octanol–water partition coefficient (Wildman–Crippen LogP) is 17.0. The van der Waals surface area contributed by atoms with Gasteiger partial charge in [0.25, 0.3) is 0 Å². The molecule has 6 unspecified atom stereocenters. The summed E-state index contributed by atoms with van der Waals surface area (Å²) in [6.45, 7) is 5.74. The summed E-state index contributed by atoms with van der Waals surface area (Å²) in [5.74, 6) is -3.18. The highest BCUT2D eigenvalue weighted by molar-refractivity contribution is 5.74. The largest absolute Gasteiger partial charge is 0.479 e. The van der Waals surface area contributed by atoms with E-state index in [1.165, 1.54) is 57.8 Å². The molecule has 0 aromatic rings. The Hall–Kier alpha value is -4.62. The molecule has 6 atom stereocenters. The number of ether oxygens (including phenoxy) is 5. The Balaban J connectivity index is 2.68. The van der Waals surface area contributed by atoms with Crippen molar-refractivity contribution in [2.75, 3.05) is 13.2 Å². The molecule has 1 heterocycles. The maximum atomic E-state index is 13.2. The SMILES string of the molecule is CC/C=C\C/C=C\C/C=C\C/C=C\C/C=C\CCCCCC(=O)OCC(COC1OC(C(=O)O)C(O)C(O)C1OC(=O)CCCCCCCC/C=C\C/C=C\C/C=C\C/C=C\CC)OC(=O)CCCCCCCCCCCCCCC. The molecule has 1 aliphatic rings. The standard InChI is InChI=1S/C69H112O12/c1-4-7-10-13-16-19-22-25-27-29-31-33-35-38-40-43-46-49-52-55-61(70)77-58-60(79-62(71)56-53-50-47-44-41-37-24-21-18-15-12-9-6-3)59-78-69-67(65(74)64(73)66(81-69)68(75)76)80-63(72)57-54-51-48-45-42-39-36-34-32-30-28-26-23-20-17-14-11-8-5-2/h7-8,10-11,16-17,19-20,25-28,31-34,38,40,60,64-67,69,73-74H,4-6,9,12-15,18,21-24,29-30,35-37,39,41-59H2,1-3H3,(H,75,76)/b10-7-,11-8-,19-16-,20-17-,27-25-,28-26-,33-31-,34-32-,40-38-. The van der Waals surface area contributed by atoms with Crippen molar-refractivity contribution in [3.63, 3.8) is 0 Å². The van der Waals surface area contributed by atoms with E-state index in [0.29, 0.717) is 19.3 Å². The Morgan fingerprint density at radius 3 is 1.20 bits per heavy atom. The second-order valence-corrected chi connectivity index (χ2v) is 21.3. The normalized spacial score (nSPS) is 18.5. The number of carbonyl (C=O) groups is 4. The molecule has 0 bridgehead atoms. The number of esters is 3. The van der Waals surface area contributed by atoms with Gasteiger partial charge in [0.1, 0.15) is 18.8 Å². The van der Waals surface area contributed by atoms with Crippen LogP contribution in [0.5, 0.6) is 0 Å². The number of aliphatic carboxylic acids is 1. The smallest absolute Gasteiger partial charge is 0.335 e. The first-order valence-corrected chi connectivity index (χ1v) is 31.9. The number of carbonyl (C=O) groups excluding carboxylic acids is 3. The molecule has 1 rings (SSSR count). The molecular formula is C69H112O12. The quantitative estimate of drug-likeness (QED) is 0.0228. The van der Waals surface area contributed by atoms with E-state index in [9.17, 15) is 34.5 Å². The average Bonchev–Trinajstić information content (AvgIpc) is 3.45. The molecule has 1 aliphatic heterocycles. The minimum Gasteiger partial charge on any atom is -0.479 e. The van der Waals surface area contributed by atoms with Crippen molar-refractivity contribution in [3.8, 4) is 0 Å². The number of aliphatic hydroxyl groups is 2. The van der Waals surface area contributed by atoms with Crippen molar-refractivity contribution >= 4 is 23.9 Å². The highest BCUT2D eigenvalue weighted by atomic mass is 16.7. The fourth-order valence-corrected chi connectivity index (χ4v) is 9.03. The minimum atomic E-state index is -1.92. The molecule has 81 heavy (non-hydrogen) atoms. The monoisotopic (exact) mass is 1130 g/mol. The van der Waals surface area contributed by atoms with Crippen LogP contribution in [0.3, 0.4) is 0 Å². The van der Waals surface area contributed by atoms with Crippen LogP contribution in [-0.2, 0) is 42.9 Å². The lowest BCUT2D eigenvalue weighted by molar-refractivity contribution is -0.301. The van der Waals surface area contributed by atoms with Gasteiger partial charge in [-0.1, -0.05) is 239 Å². The molecule has 0 aromatic carbocycles. The molecule has 0 aliphatic carbocycles. The first kappa shape index (κ1) is 74.4. The van der Waals surface area contributed by atoms with Crippen LogP contribution in [-0.4, -0.2) is 89.2 Å². The Bertz CT molecular complexity index is 1820. The fourth-order valence-electron chi connectivity index (χ4n) is 9.03. The first-order chi connectivity index (χ1) is 39.6. The molecular weight excluding hydrogens is 1020 g/mol. The third-order valence-corrected chi connectivity index (χ3v) is 13.8. The van der Waals surface area contributed by atoms with Gasteiger partial charge < -0.3 is 39.0 Å². The summed E-state index contributed by atoms with van der Waals surface area (Å²) in [4.78, 5) is 51.3. The summed E-state index contributed by atoms with van der Waals surface area (Å²) in [7, 11) is 0. The zero-order valence-corrected chi connectivity index (χ0v) is 50.7. The van der Waals surface area contributed by atoms with Crippen molar-refractivity contribution in [2.45, 2.75) is 289 Å². The average molecular weight is 1130 g/mol. The first-order valence-electron chi connectivity index (χ1n) is 31.9. The third-order valence-electron chi connectivity index (χ3n) is 13.8. The summed E-state index contributed by atoms with van der Waals surface area (Å²) >= 11 is 0. The third kappa shape index (κ3) is 45.6. The zero-order valence-electron chi connectivity index (χ0n) is 50.7. The Labute approximate surface area is 491 Å². The Morgan fingerprint density at radius 1 is 0.420 bits per heavy atom. The van der Waals surface area contributed by atoms with Crippen LogP contribution in [0.1, 0.15) is 252 Å². The van der Waals surface area contributed by atoms with Crippen LogP contribution in [0, 0.1) is 0 Å². The van der Waals surface area contributed by atoms with E-state index >= 15 is 0 Å². The second-order valence-electron chi connectivity index (χ2n) is 21.3. The molecule has 0 saturated carbocycles. The van der Waals surface area contributed by atoms with Gasteiger partial charge in [-0.3, -0.25) is 14.4 Å². The number of allylic oxidation sites excluding steroid dienone is 18. The number of rotatable bonds is 53. The van der Waals surface area contributed by atoms with Crippen molar-refractivity contribution in [2.24, 2.45) is 0 Å². The second kappa shape index (κ2) is 55.9. The molecule has 0 spiro atoms. The van der Waals surface area contributed by atoms with Gasteiger partial charge in [-0.15, -0.1) is 0 Å². The van der Waals surface area contributed by atoms with E-state index in [0.717, 1.165) is 135 Å². The molecule has 1 saturated heterocycles. The van der Waals surface area contributed by atoms with Crippen LogP contribution in [0.4, 0.5) is 0 Å². The van der Waals surface area contributed by atoms with Crippen molar-refractivity contribution in [1.82, 2.24) is 0 Å². The molecule has 0 amide bonds. The van der Waals surface area contributed by atoms with Gasteiger partial charge in [0, 0.05) is 19.3 Å². The number of carboxylic acid groups (broad SMARTS) is 1. The summed E-state index contributed by atoms with van der Waals surface area (Å²) in [5, 5.41) is 31.6. The Morgan fingerprint density at radius 2 is 0.778 bits per heavy atom. The lowest BCUT2D eigenvalue weighted by atomic mass is 9.98. The van der Waals surface area contributed by atoms with Crippen LogP contribution >= 0.6 is 0 Å². The van der Waals surface area contributed by atoms with Crippen LogP contribution in [0.25, 0.3) is 0 Å². The maximum Gasteiger partial charge on any atom is 0.335 e. The minimum absolute atomic E-state index is 0.0368. The van der Waals surface area contributed by atoms with E-state index < -0.39 is 67.3 Å². The molecule has 460 valence electrons. The van der Waals surface area contributed by atoms with Crippen LogP contribution in [0.15, 0.2) is 109 Å². The number of hydrogen-bond donors (Lipinski definition) is 3. The topological polar surface area (TPSA) is 175 Å². The number of unbranched alkanes of at least 4 members (excludes halogenated alkanes) is 21. The zero-order chi connectivity index (χ0) is 58.9. The molecule has 12 nitrogen and oxygen atoms in total. The summed E-state index contributed by atoms with van der Waals surface area (Å²) in [6.07, 6.45) is 63.3. The van der Waals surface area contributed by atoms with Crippen molar-refractivity contribution < 1.29 is 58.2 Å². The van der Waals surface area contributed by atoms with Gasteiger partial charge in [0.2, 0.25) is 0 Å². The molecule has 0 aromatic heterocycles. The highest BCUT2D eigenvalue weighted by Gasteiger charge is 2.50. The molecule has 12 heteroatoms. The van der Waals surface area contributed by atoms with Gasteiger partial charge >= 0.3 is 23.9 Å². The Kier molecular flexibility index (Phi) is 51.3. The lowest BCUT2D eigenvalue weighted by Crippen LogP contribution is -2.61. The van der Waals surface area contributed by atoms with E-state index in [1.54, 1.807) is 0 Å². The summed E-state index contributed by atoms with van der Waals surface area (Å²) < 4.78 is 28.5. The van der Waals surface area contributed by atoms with E-state index in [1.807, 2.05) is 0 Å². The number of aliphatic hydroxyl groups excluding tert-OH is 2. The van der Waals surface area contributed by atoms with Crippen molar-refractivity contribution in [3.05, 3.63) is 109 Å². The van der Waals surface area contributed by atoms with Crippen molar-refractivity contribution in [1.29, 1.82) is 0 Å². The van der Waals surface area contributed by atoms with Gasteiger partial charge in [0.05, 0.1) is 6.61 Å². The van der Waals surface area contributed by atoms with Gasteiger partial charge in [-0.2, -0.15) is 0 Å². The van der Waals surface area contributed by atoms with Gasteiger partial charge in [-0.05, 0) is 103 Å². The van der Waals surface area contributed by atoms with E-state index in [-0.39, 0.29) is 25.9 Å². The molecule has 3 N–H and O–H groups in total. The maximum absolute atomic E-state index is 13.2. The van der Waals surface area contributed by atoms with Crippen LogP contribution < -0.4 is 0 Å². The summed E-state index contributed by atoms with van der Waals surface area (Å²) in [6, 6.07) is 0. The van der Waals surface area contributed by atoms with E-state index in [4.69, 9.17) is 23.7 Å². The molecule has 0 radical (unpaired) electrons.